The molecule has 3 aromatic rings. The fourth-order valence-electron chi connectivity index (χ4n) is 2.01. The Hall–Kier alpha value is -2.76. The molecule has 0 aliphatic carbocycles. The van der Waals surface area contributed by atoms with Gasteiger partial charge in [0.1, 0.15) is 5.82 Å². The Bertz CT molecular complexity index is 754. The van der Waals surface area contributed by atoms with Crippen LogP contribution in [-0.2, 0) is 6.54 Å². The monoisotopic (exact) mass is 280 g/mol. The lowest BCUT2D eigenvalue weighted by molar-refractivity contribution is 0.977. The molecule has 3 rings (SSSR count). The van der Waals surface area contributed by atoms with Crippen molar-refractivity contribution in [1.82, 2.24) is 19.9 Å². The highest BCUT2D eigenvalue weighted by atomic mass is 15.1. The molecule has 0 atom stereocenters. The molecule has 1 aromatic carbocycles. The molecule has 6 nitrogen and oxygen atoms in total. The summed E-state index contributed by atoms with van der Waals surface area (Å²) in [4.78, 5) is 17.5. The maximum absolute atomic E-state index is 4.47. The zero-order chi connectivity index (χ0) is 14.7. The maximum Gasteiger partial charge on any atom is 0.224 e. The summed E-state index contributed by atoms with van der Waals surface area (Å²) >= 11 is 0. The lowest BCUT2D eigenvalue weighted by Crippen LogP contribution is -2.07. The smallest absolute Gasteiger partial charge is 0.224 e. The van der Waals surface area contributed by atoms with E-state index < -0.39 is 0 Å². The summed E-state index contributed by atoms with van der Waals surface area (Å²) in [7, 11) is 1.80. The maximum atomic E-state index is 4.47. The van der Waals surface area contributed by atoms with Gasteiger partial charge in [-0.25, -0.2) is 4.98 Å². The Kier molecular flexibility index (Phi) is 3.59. The van der Waals surface area contributed by atoms with Gasteiger partial charge in [0.2, 0.25) is 5.95 Å². The van der Waals surface area contributed by atoms with Crippen molar-refractivity contribution in [2.24, 2.45) is 0 Å². The Labute approximate surface area is 122 Å². The van der Waals surface area contributed by atoms with E-state index in [1.165, 1.54) is 0 Å². The van der Waals surface area contributed by atoms with Crippen LogP contribution >= 0.6 is 0 Å². The number of anilines is 2. The van der Waals surface area contributed by atoms with Gasteiger partial charge >= 0.3 is 0 Å². The van der Waals surface area contributed by atoms with E-state index in [0.29, 0.717) is 12.5 Å². The van der Waals surface area contributed by atoms with Gasteiger partial charge in [-0.3, -0.25) is 9.97 Å². The summed E-state index contributed by atoms with van der Waals surface area (Å²) in [5, 5.41) is 7.26. The fraction of sp³-hybridized carbons (Fsp3) is 0.200. The number of rotatable bonds is 4. The van der Waals surface area contributed by atoms with Gasteiger partial charge in [-0.2, -0.15) is 4.98 Å². The van der Waals surface area contributed by atoms with Crippen molar-refractivity contribution in [2.45, 2.75) is 13.5 Å². The van der Waals surface area contributed by atoms with Crippen molar-refractivity contribution >= 4 is 22.7 Å². The summed E-state index contributed by atoms with van der Waals surface area (Å²) in [5.41, 5.74) is 2.67. The van der Waals surface area contributed by atoms with Crippen LogP contribution in [0.2, 0.25) is 0 Å². The first kappa shape index (κ1) is 13.2. The molecule has 0 radical (unpaired) electrons. The fourth-order valence-corrected chi connectivity index (χ4v) is 2.01. The number of nitrogens with zero attached hydrogens (tertiary/aromatic N) is 4. The van der Waals surface area contributed by atoms with Crippen molar-refractivity contribution in [3.05, 3.63) is 48.0 Å². The van der Waals surface area contributed by atoms with E-state index in [2.05, 4.69) is 30.6 Å². The Balaban J connectivity index is 1.90. The van der Waals surface area contributed by atoms with E-state index in [1.807, 2.05) is 31.2 Å². The molecule has 6 heteroatoms. The van der Waals surface area contributed by atoms with Crippen LogP contribution < -0.4 is 10.6 Å². The van der Waals surface area contributed by atoms with Crippen LogP contribution in [-0.4, -0.2) is 27.0 Å². The van der Waals surface area contributed by atoms with Gasteiger partial charge in [0.05, 0.1) is 29.6 Å². The van der Waals surface area contributed by atoms with Crippen LogP contribution in [0.4, 0.5) is 11.8 Å². The number of hydrogen-bond donors (Lipinski definition) is 2. The molecule has 2 aromatic heterocycles. The molecule has 2 heterocycles. The molecule has 21 heavy (non-hydrogen) atoms. The van der Waals surface area contributed by atoms with Crippen molar-refractivity contribution in [2.75, 3.05) is 17.7 Å². The molecular weight excluding hydrogens is 264 g/mol. The van der Waals surface area contributed by atoms with Crippen LogP contribution in [0.25, 0.3) is 10.9 Å². The highest BCUT2D eigenvalue weighted by Crippen LogP contribution is 2.21. The molecule has 0 amide bonds. The minimum Gasteiger partial charge on any atom is -0.364 e. The number of nitrogens with one attached hydrogen (secondary N) is 2. The highest BCUT2D eigenvalue weighted by molar-refractivity contribution is 5.89. The normalized spacial score (nSPS) is 10.6. The van der Waals surface area contributed by atoms with Gasteiger partial charge in [-0.15, -0.1) is 0 Å². The molecule has 0 bridgehead atoms. The largest absolute Gasteiger partial charge is 0.364 e. The van der Waals surface area contributed by atoms with Gasteiger partial charge in [-0.05, 0) is 19.1 Å². The summed E-state index contributed by atoms with van der Waals surface area (Å²) < 4.78 is 0. The third-order valence-corrected chi connectivity index (χ3v) is 3.10. The second kappa shape index (κ2) is 5.70. The van der Waals surface area contributed by atoms with E-state index in [1.54, 1.807) is 19.4 Å². The van der Waals surface area contributed by atoms with Crippen LogP contribution in [0, 0.1) is 6.92 Å². The van der Waals surface area contributed by atoms with Crippen LogP contribution in [0.15, 0.2) is 36.7 Å². The van der Waals surface area contributed by atoms with Crippen LogP contribution in [0.5, 0.6) is 0 Å². The zero-order valence-corrected chi connectivity index (χ0v) is 12.0. The number of aromatic nitrogens is 4. The first-order valence-electron chi connectivity index (χ1n) is 6.72. The average Bonchev–Trinajstić information content (AvgIpc) is 2.53. The second-order valence-electron chi connectivity index (χ2n) is 4.67. The Morgan fingerprint density at radius 2 is 1.90 bits per heavy atom. The van der Waals surface area contributed by atoms with E-state index in [9.17, 15) is 0 Å². The lowest BCUT2D eigenvalue weighted by atomic mass is 10.2. The van der Waals surface area contributed by atoms with Gasteiger partial charge in [0, 0.05) is 18.6 Å². The first-order chi connectivity index (χ1) is 10.3. The van der Waals surface area contributed by atoms with Gasteiger partial charge in [0.15, 0.2) is 0 Å². The topological polar surface area (TPSA) is 75.6 Å². The molecule has 0 saturated heterocycles. The minimum absolute atomic E-state index is 0.567. The number of benzene rings is 1. The molecule has 0 saturated carbocycles. The van der Waals surface area contributed by atoms with E-state index >= 15 is 0 Å². The first-order valence-corrected chi connectivity index (χ1v) is 6.72. The Morgan fingerprint density at radius 3 is 2.67 bits per heavy atom. The van der Waals surface area contributed by atoms with E-state index in [4.69, 9.17) is 0 Å². The van der Waals surface area contributed by atoms with Gasteiger partial charge < -0.3 is 10.6 Å². The van der Waals surface area contributed by atoms with Crippen molar-refractivity contribution < 1.29 is 0 Å². The molecule has 106 valence electrons. The third-order valence-electron chi connectivity index (χ3n) is 3.10. The average molecular weight is 280 g/mol. The predicted molar refractivity (Wildman–Crippen MR) is 83.2 cm³/mol. The van der Waals surface area contributed by atoms with E-state index in [0.717, 1.165) is 28.1 Å². The highest BCUT2D eigenvalue weighted by Gasteiger charge is 2.06. The Morgan fingerprint density at radius 1 is 1.05 bits per heavy atom. The van der Waals surface area contributed by atoms with Crippen molar-refractivity contribution in [1.29, 1.82) is 0 Å². The molecular formula is C15H16N6. The van der Waals surface area contributed by atoms with Crippen LogP contribution in [0.1, 0.15) is 11.4 Å². The molecule has 0 unspecified atom stereocenters. The number of aryl methyl sites for hydroxylation is 1. The van der Waals surface area contributed by atoms with Crippen molar-refractivity contribution in [3.63, 3.8) is 0 Å². The molecule has 0 aliphatic rings. The standard InChI is InChI=1S/C15H16N6/c1-10-7-18-11(8-17-10)9-19-14-12-5-3-4-6-13(12)20-15(16-2)21-14/h3-8H,9H2,1-2H3,(H2,16,19,20,21). The van der Waals surface area contributed by atoms with Gasteiger partial charge in [0.25, 0.3) is 0 Å². The molecule has 0 fully saturated rings. The quantitative estimate of drug-likeness (QED) is 0.764. The number of fused-ring (bicyclic) bond motifs is 1. The molecule has 2 N–H and O–H groups in total. The zero-order valence-electron chi connectivity index (χ0n) is 12.0. The SMILES string of the molecule is CNc1nc(NCc2cnc(C)cn2)c2ccccc2n1. The van der Waals surface area contributed by atoms with Gasteiger partial charge in [-0.1, -0.05) is 12.1 Å². The minimum atomic E-state index is 0.567. The van der Waals surface area contributed by atoms with E-state index in [-0.39, 0.29) is 0 Å². The number of para-hydroxylation sites is 1. The summed E-state index contributed by atoms with van der Waals surface area (Å²) in [5.74, 6) is 1.37. The van der Waals surface area contributed by atoms with Crippen molar-refractivity contribution in [3.8, 4) is 0 Å². The summed E-state index contributed by atoms with van der Waals surface area (Å²) in [6.07, 6.45) is 3.53. The predicted octanol–water partition coefficient (Wildman–Crippen LogP) is 2.38. The summed E-state index contributed by atoms with van der Waals surface area (Å²) in [6.45, 7) is 2.48. The lowest BCUT2D eigenvalue weighted by Gasteiger charge is -2.10. The summed E-state index contributed by atoms with van der Waals surface area (Å²) in [6, 6.07) is 7.90. The number of hydrogen-bond acceptors (Lipinski definition) is 6. The molecule has 0 aliphatic heterocycles. The second-order valence-corrected chi connectivity index (χ2v) is 4.67. The van der Waals surface area contributed by atoms with Crippen LogP contribution in [0.3, 0.4) is 0 Å². The third kappa shape index (κ3) is 2.89. The molecule has 0 spiro atoms.